The van der Waals surface area contributed by atoms with E-state index in [-0.39, 0.29) is 25.0 Å². The van der Waals surface area contributed by atoms with E-state index < -0.39 is 5.97 Å². The second kappa shape index (κ2) is 8.39. The Balaban J connectivity index is 1.71. The zero-order valence-electron chi connectivity index (χ0n) is 12.8. The van der Waals surface area contributed by atoms with Gasteiger partial charge in [-0.3, -0.25) is 9.59 Å². The number of halogens is 1. The molecule has 122 valence electrons. The minimum Gasteiger partial charge on any atom is -0.469 e. The summed E-state index contributed by atoms with van der Waals surface area (Å²) in [6.07, 6.45) is 2.17. The van der Waals surface area contributed by atoms with Crippen molar-refractivity contribution in [2.45, 2.75) is 25.8 Å². The van der Waals surface area contributed by atoms with E-state index in [1.807, 2.05) is 19.1 Å². The highest BCUT2D eigenvalue weighted by atomic mass is 35.5. The lowest BCUT2D eigenvalue weighted by atomic mass is 10.1. The molecule has 1 atom stereocenters. The standard InChI is InChI=1S/C17H18ClNO4/c1-12(13-4-2-5-14(18)10-13)19-16(20)11-23-17(21)8-7-15-6-3-9-22-15/h2-6,9-10,12H,7-8,11H2,1H3,(H,19,20)/t12-/m0/s1. The van der Waals surface area contributed by atoms with Crippen molar-refractivity contribution >= 4 is 23.5 Å². The number of furan rings is 1. The van der Waals surface area contributed by atoms with Gasteiger partial charge in [0, 0.05) is 11.4 Å². The van der Waals surface area contributed by atoms with Crippen molar-refractivity contribution in [2.75, 3.05) is 6.61 Å². The van der Waals surface area contributed by atoms with Crippen LogP contribution >= 0.6 is 11.6 Å². The van der Waals surface area contributed by atoms with Crippen LogP contribution in [0.3, 0.4) is 0 Å². The zero-order valence-corrected chi connectivity index (χ0v) is 13.5. The van der Waals surface area contributed by atoms with Gasteiger partial charge in [-0.25, -0.2) is 0 Å². The molecule has 1 N–H and O–H groups in total. The van der Waals surface area contributed by atoms with Gasteiger partial charge in [0.15, 0.2) is 6.61 Å². The second-order valence-electron chi connectivity index (χ2n) is 5.08. The fourth-order valence-electron chi connectivity index (χ4n) is 2.04. The van der Waals surface area contributed by atoms with Crippen LogP contribution in [-0.2, 0) is 20.7 Å². The maximum atomic E-state index is 11.8. The first-order chi connectivity index (χ1) is 11.0. The lowest BCUT2D eigenvalue weighted by Crippen LogP contribution is -2.31. The number of carbonyl (C=O) groups excluding carboxylic acids is 2. The minimum absolute atomic E-state index is 0.171. The third-order valence-corrected chi connectivity index (χ3v) is 3.48. The number of benzene rings is 1. The van der Waals surface area contributed by atoms with E-state index in [2.05, 4.69) is 5.32 Å². The van der Waals surface area contributed by atoms with Gasteiger partial charge in [0.05, 0.1) is 18.7 Å². The molecule has 6 heteroatoms. The Kier molecular flexibility index (Phi) is 6.23. The Labute approximate surface area is 139 Å². The lowest BCUT2D eigenvalue weighted by molar-refractivity contribution is -0.148. The molecule has 2 rings (SSSR count). The molecule has 0 aliphatic heterocycles. The highest BCUT2D eigenvalue weighted by Crippen LogP contribution is 2.17. The SMILES string of the molecule is C[C@H](NC(=O)COC(=O)CCc1ccco1)c1cccc(Cl)c1. The molecule has 0 unspecified atom stereocenters. The third-order valence-electron chi connectivity index (χ3n) is 3.25. The molecule has 23 heavy (non-hydrogen) atoms. The fraction of sp³-hybridized carbons (Fsp3) is 0.294. The van der Waals surface area contributed by atoms with Crippen LogP contribution in [0, 0.1) is 0 Å². The molecule has 1 aromatic carbocycles. The van der Waals surface area contributed by atoms with E-state index in [9.17, 15) is 9.59 Å². The van der Waals surface area contributed by atoms with Crippen LogP contribution in [0.2, 0.25) is 5.02 Å². The van der Waals surface area contributed by atoms with Crippen LogP contribution in [-0.4, -0.2) is 18.5 Å². The maximum absolute atomic E-state index is 11.8. The number of nitrogens with one attached hydrogen (secondary N) is 1. The Hall–Kier alpha value is -2.27. The van der Waals surface area contributed by atoms with E-state index in [4.69, 9.17) is 20.8 Å². The lowest BCUT2D eigenvalue weighted by Gasteiger charge is -2.14. The summed E-state index contributed by atoms with van der Waals surface area (Å²) < 4.78 is 10.1. The first-order valence-electron chi connectivity index (χ1n) is 7.27. The predicted octanol–water partition coefficient (Wildman–Crippen LogP) is 3.29. The van der Waals surface area contributed by atoms with Gasteiger partial charge >= 0.3 is 5.97 Å². The molecule has 0 bridgehead atoms. The molecular weight excluding hydrogens is 318 g/mol. The zero-order chi connectivity index (χ0) is 16.7. The van der Waals surface area contributed by atoms with Gasteiger partial charge in [-0.2, -0.15) is 0 Å². The summed E-state index contributed by atoms with van der Waals surface area (Å²) in [6, 6.07) is 10.5. The number of aryl methyl sites for hydroxylation is 1. The smallest absolute Gasteiger partial charge is 0.306 e. The minimum atomic E-state index is -0.438. The Morgan fingerprint density at radius 2 is 2.13 bits per heavy atom. The largest absolute Gasteiger partial charge is 0.469 e. The van der Waals surface area contributed by atoms with Crippen molar-refractivity contribution in [2.24, 2.45) is 0 Å². The van der Waals surface area contributed by atoms with Crippen molar-refractivity contribution in [3.8, 4) is 0 Å². The summed E-state index contributed by atoms with van der Waals surface area (Å²) in [4.78, 5) is 23.4. The van der Waals surface area contributed by atoms with Crippen LogP contribution in [0.5, 0.6) is 0 Å². The number of hydrogen-bond acceptors (Lipinski definition) is 4. The Morgan fingerprint density at radius 1 is 1.30 bits per heavy atom. The topological polar surface area (TPSA) is 68.5 Å². The summed E-state index contributed by atoms with van der Waals surface area (Å²) in [5, 5.41) is 3.36. The highest BCUT2D eigenvalue weighted by molar-refractivity contribution is 6.30. The molecule has 1 heterocycles. The van der Waals surface area contributed by atoms with Gasteiger partial charge in [-0.15, -0.1) is 0 Å². The first kappa shape index (κ1) is 17.1. The molecule has 0 radical (unpaired) electrons. The Bertz CT molecular complexity index is 654. The van der Waals surface area contributed by atoms with Crippen molar-refractivity contribution in [3.05, 3.63) is 59.0 Å². The molecule has 0 spiro atoms. The van der Waals surface area contributed by atoms with Crippen LogP contribution in [0.25, 0.3) is 0 Å². The maximum Gasteiger partial charge on any atom is 0.306 e. The number of esters is 1. The van der Waals surface area contributed by atoms with Gasteiger partial charge in [0.1, 0.15) is 5.76 Å². The highest BCUT2D eigenvalue weighted by Gasteiger charge is 2.12. The van der Waals surface area contributed by atoms with Crippen molar-refractivity contribution in [1.29, 1.82) is 0 Å². The third kappa shape index (κ3) is 5.79. The van der Waals surface area contributed by atoms with Gasteiger partial charge < -0.3 is 14.5 Å². The van der Waals surface area contributed by atoms with Gasteiger partial charge in [-0.05, 0) is 36.8 Å². The van der Waals surface area contributed by atoms with Crippen molar-refractivity contribution in [3.63, 3.8) is 0 Å². The van der Waals surface area contributed by atoms with Crippen LogP contribution in [0.1, 0.15) is 30.7 Å². The van der Waals surface area contributed by atoms with E-state index >= 15 is 0 Å². The molecule has 0 fully saturated rings. The van der Waals surface area contributed by atoms with Crippen LogP contribution in [0.15, 0.2) is 47.1 Å². The van der Waals surface area contributed by atoms with E-state index in [1.54, 1.807) is 30.5 Å². The summed E-state index contributed by atoms with van der Waals surface area (Å²) in [5.41, 5.74) is 0.884. The molecule has 0 aliphatic rings. The second-order valence-corrected chi connectivity index (χ2v) is 5.52. The van der Waals surface area contributed by atoms with Crippen LogP contribution < -0.4 is 5.32 Å². The average Bonchev–Trinajstić information content (AvgIpc) is 3.04. The summed E-state index contributed by atoms with van der Waals surface area (Å²) in [6.45, 7) is 1.53. The number of amides is 1. The summed E-state index contributed by atoms with van der Waals surface area (Å²) in [5.74, 6) is -0.0863. The summed E-state index contributed by atoms with van der Waals surface area (Å²) in [7, 11) is 0. The van der Waals surface area contributed by atoms with Crippen molar-refractivity contribution < 1.29 is 18.7 Å². The monoisotopic (exact) mass is 335 g/mol. The molecule has 1 amide bonds. The molecule has 0 saturated carbocycles. The van der Waals surface area contributed by atoms with E-state index in [0.29, 0.717) is 17.2 Å². The fourth-order valence-corrected chi connectivity index (χ4v) is 2.24. The number of carbonyl (C=O) groups is 2. The molecule has 0 aliphatic carbocycles. The van der Waals surface area contributed by atoms with Crippen LogP contribution in [0.4, 0.5) is 0 Å². The Morgan fingerprint density at radius 3 is 2.83 bits per heavy atom. The predicted molar refractivity (Wildman–Crippen MR) is 86.0 cm³/mol. The van der Waals surface area contributed by atoms with Crippen molar-refractivity contribution in [1.82, 2.24) is 5.32 Å². The van der Waals surface area contributed by atoms with E-state index in [0.717, 1.165) is 5.56 Å². The number of hydrogen-bond donors (Lipinski definition) is 1. The molecular formula is C17H18ClNO4. The van der Waals surface area contributed by atoms with Gasteiger partial charge in [-0.1, -0.05) is 23.7 Å². The average molecular weight is 336 g/mol. The molecule has 1 aromatic heterocycles. The molecule has 0 saturated heterocycles. The summed E-state index contributed by atoms with van der Waals surface area (Å²) >= 11 is 5.92. The number of ether oxygens (including phenoxy) is 1. The first-order valence-corrected chi connectivity index (χ1v) is 7.65. The van der Waals surface area contributed by atoms with Gasteiger partial charge in [0.2, 0.25) is 0 Å². The molecule has 5 nitrogen and oxygen atoms in total. The van der Waals surface area contributed by atoms with E-state index in [1.165, 1.54) is 0 Å². The number of rotatable bonds is 7. The molecule has 2 aromatic rings. The quantitative estimate of drug-likeness (QED) is 0.788. The van der Waals surface area contributed by atoms with Gasteiger partial charge in [0.25, 0.3) is 5.91 Å². The normalized spacial score (nSPS) is 11.7.